The minimum atomic E-state index is -0.766. The lowest BCUT2D eigenvalue weighted by atomic mass is 9.87. The number of hydrogen-bond acceptors (Lipinski definition) is 2. The molecule has 2 N–H and O–H groups in total. The Balaban J connectivity index is 2.13. The van der Waals surface area contributed by atoms with E-state index in [1.807, 2.05) is 0 Å². The molecule has 152 valence electrons. The molecule has 3 nitrogen and oxygen atoms in total. The third-order valence-electron chi connectivity index (χ3n) is 5.51. The molecule has 0 radical (unpaired) electrons. The van der Waals surface area contributed by atoms with E-state index in [-0.39, 0.29) is 5.92 Å². The standard InChI is InChI=1S/C24H32ClNO2/c1-6-20(21-9-16(3)23(25)17(4)10-21)11-19-8-7-15(2)22(12-19)14-26-13-18(5)24(27)28/h7-10,12,18,20,26H,6,11,13-14H2,1-5H3,(H,27,28)/t18-,20+/m1/s1. The maximum absolute atomic E-state index is 11.0. The number of halogens is 1. The number of hydrogen-bond donors (Lipinski definition) is 2. The molecule has 0 amide bonds. The fourth-order valence-electron chi connectivity index (χ4n) is 3.55. The second-order valence-electron chi connectivity index (χ2n) is 7.91. The predicted molar refractivity (Wildman–Crippen MR) is 117 cm³/mol. The summed E-state index contributed by atoms with van der Waals surface area (Å²) in [5.74, 6) is -0.702. The van der Waals surface area contributed by atoms with Crippen LogP contribution in [0.15, 0.2) is 30.3 Å². The average molecular weight is 402 g/mol. The van der Waals surface area contributed by atoms with Crippen LogP contribution in [0.4, 0.5) is 0 Å². The highest BCUT2D eigenvalue weighted by molar-refractivity contribution is 6.32. The maximum Gasteiger partial charge on any atom is 0.307 e. The van der Waals surface area contributed by atoms with Gasteiger partial charge in [-0.2, -0.15) is 0 Å². The van der Waals surface area contributed by atoms with Gasteiger partial charge in [0.1, 0.15) is 0 Å². The summed E-state index contributed by atoms with van der Waals surface area (Å²) in [5, 5.41) is 13.2. The third kappa shape index (κ3) is 5.83. The molecule has 4 heteroatoms. The molecule has 0 aromatic heterocycles. The van der Waals surface area contributed by atoms with Crippen molar-refractivity contribution in [2.45, 2.75) is 59.9 Å². The van der Waals surface area contributed by atoms with E-state index in [4.69, 9.17) is 16.7 Å². The van der Waals surface area contributed by atoms with Gasteiger partial charge in [0.2, 0.25) is 0 Å². The minimum absolute atomic E-state index is 0.385. The highest BCUT2D eigenvalue weighted by Crippen LogP contribution is 2.30. The molecule has 0 aliphatic carbocycles. The number of nitrogens with one attached hydrogen (secondary N) is 1. The van der Waals surface area contributed by atoms with Gasteiger partial charge in [0.25, 0.3) is 0 Å². The Morgan fingerprint density at radius 3 is 2.32 bits per heavy atom. The van der Waals surface area contributed by atoms with Crippen LogP contribution in [0.3, 0.4) is 0 Å². The lowest BCUT2D eigenvalue weighted by Crippen LogP contribution is -2.26. The highest BCUT2D eigenvalue weighted by atomic mass is 35.5. The monoisotopic (exact) mass is 401 g/mol. The Hall–Kier alpha value is -1.84. The van der Waals surface area contributed by atoms with Crippen LogP contribution in [0, 0.1) is 26.7 Å². The van der Waals surface area contributed by atoms with Crippen molar-refractivity contribution in [2.24, 2.45) is 5.92 Å². The second-order valence-corrected chi connectivity index (χ2v) is 8.29. The Kier molecular flexibility index (Phi) is 8.09. The highest BCUT2D eigenvalue weighted by Gasteiger charge is 2.14. The first-order valence-corrected chi connectivity index (χ1v) is 10.4. The lowest BCUT2D eigenvalue weighted by molar-refractivity contribution is -0.140. The molecule has 0 bridgehead atoms. The molecular weight excluding hydrogens is 370 g/mol. The average Bonchev–Trinajstić information content (AvgIpc) is 2.65. The third-order valence-corrected chi connectivity index (χ3v) is 6.10. The van der Waals surface area contributed by atoms with Crippen LogP contribution in [0.5, 0.6) is 0 Å². The topological polar surface area (TPSA) is 49.3 Å². The summed E-state index contributed by atoms with van der Waals surface area (Å²) in [5.41, 5.74) is 7.38. The number of rotatable bonds is 9. The summed E-state index contributed by atoms with van der Waals surface area (Å²) in [7, 11) is 0. The number of carbonyl (C=O) groups is 1. The fourth-order valence-corrected chi connectivity index (χ4v) is 3.66. The summed E-state index contributed by atoms with van der Waals surface area (Å²) in [6.07, 6.45) is 2.05. The number of aliphatic carboxylic acids is 1. The zero-order valence-corrected chi connectivity index (χ0v) is 18.4. The van der Waals surface area contributed by atoms with Crippen molar-refractivity contribution in [3.8, 4) is 0 Å². The maximum atomic E-state index is 11.0. The van der Waals surface area contributed by atoms with Crippen LogP contribution < -0.4 is 5.32 Å². The molecule has 0 saturated heterocycles. The van der Waals surface area contributed by atoms with Gasteiger partial charge in [-0.15, -0.1) is 0 Å². The lowest BCUT2D eigenvalue weighted by Gasteiger charge is -2.19. The molecule has 0 unspecified atom stereocenters. The van der Waals surface area contributed by atoms with E-state index >= 15 is 0 Å². The Labute approximate surface area is 174 Å². The first kappa shape index (κ1) is 22.4. The molecule has 0 aliphatic rings. The van der Waals surface area contributed by atoms with Crippen molar-refractivity contribution in [2.75, 3.05) is 6.54 Å². The van der Waals surface area contributed by atoms with Crippen LogP contribution in [0.25, 0.3) is 0 Å². The van der Waals surface area contributed by atoms with Crippen LogP contribution in [0.1, 0.15) is 59.6 Å². The van der Waals surface area contributed by atoms with Gasteiger partial charge in [0.05, 0.1) is 5.92 Å². The van der Waals surface area contributed by atoms with Gasteiger partial charge in [-0.1, -0.05) is 55.8 Å². The summed E-state index contributed by atoms with van der Waals surface area (Å²) < 4.78 is 0. The van der Waals surface area contributed by atoms with Gasteiger partial charge >= 0.3 is 5.97 Å². The molecule has 0 fully saturated rings. The quantitative estimate of drug-likeness (QED) is 0.557. The van der Waals surface area contributed by atoms with Gasteiger partial charge < -0.3 is 10.4 Å². The fraction of sp³-hybridized carbons (Fsp3) is 0.458. The van der Waals surface area contributed by atoms with E-state index in [0.717, 1.165) is 29.0 Å². The van der Waals surface area contributed by atoms with Crippen LogP contribution in [-0.2, 0) is 17.8 Å². The molecule has 2 aromatic carbocycles. The van der Waals surface area contributed by atoms with Crippen molar-refractivity contribution in [3.63, 3.8) is 0 Å². The number of carboxylic acids is 1. The first-order valence-electron chi connectivity index (χ1n) is 10.0. The van der Waals surface area contributed by atoms with Gasteiger partial charge in [0.15, 0.2) is 0 Å². The predicted octanol–water partition coefficient (Wildman–Crippen LogP) is 5.81. The van der Waals surface area contributed by atoms with E-state index in [1.54, 1.807) is 6.92 Å². The minimum Gasteiger partial charge on any atom is -0.481 e. The summed E-state index contributed by atoms with van der Waals surface area (Å²) >= 11 is 6.34. The molecule has 2 atom stereocenters. The Morgan fingerprint density at radius 2 is 1.75 bits per heavy atom. The largest absolute Gasteiger partial charge is 0.481 e. The number of carboxylic acid groups (broad SMARTS) is 1. The van der Waals surface area contributed by atoms with Gasteiger partial charge in [-0.25, -0.2) is 0 Å². The van der Waals surface area contributed by atoms with Crippen LogP contribution >= 0.6 is 11.6 Å². The molecule has 2 aromatic rings. The summed E-state index contributed by atoms with van der Waals surface area (Å²) in [6.45, 7) is 11.4. The zero-order chi connectivity index (χ0) is 20.8. The molecule has 2 rings (SSSR count). The van der Waals surface area contributed by atoms with Crippen molar-refractivity contribution >= 4 is 17.6 Å². The molecule has 0 saturated carbocycles. The molecule has 28 heavy (non-hydrogen) atoms. The van der Waals surface area contributed by atoms with Gasteiger partial charge in [-0.05, 0) is 72.9 Å². The zero-order valence-electron chi connectivity index (χ0n) is 17.6. The van der Waals surface area contributed by atoms with Crippen molar-refractivity contribution in [3.05, 3.63) is 68.7 Å². The van der Waals surface area contributed by atoms with Crippen LogP contribution in [0.2, 0.25) is 5.02 Å². The van der Waals surface area contributed by atoms with Gasteiger partial charge in [-0.3, -0.25) is 4.79 Å². The number of aryl methyl sites for hydroxylation is 3. The molecule has 0 heterocycles. The summed E-state index contributed by atoms with van der Waals surface area (Å²) in [6, 6.07) is 11.1. The number of benzene rings is 2. The van der Waals surface area contributed by atoms with E-state index in [1.165, 1.54) is 22.3 Å². The van der Waals surface area contributed by atoms with E-state index in [2.05, 4.69) is 63.3 Å². The Bertz CT molecular complexity index is 808. The van der Waals surface area contributed by atoms with Crippen molar-refractivity contribution < 1.29 is 9.90 Å². The first-order chi connectivity index (χ1) is 13.2. The van der Waals surface area contributed by atoms with Gasteiger partial charge in [0, 0.05) is 18.1 Å². The molecular formula is C24H32ClNO2. The Morgan fingerprint density at radius 1 is 1.11 bits per heavy atom. The van der Waals surface area contributed by atoms with Crippen molar-refractivity contribution in [1.29, 1.82) is 0 Å². The smallest absolute Gasteiger partial charge is 0.307 e. The SMILES string of the molecule is CC[C@@H](Cc1ccc(C)c(CNC[C@@H](C)C(=O)O)c1)c1cc(C)c(Cl)c(C)c1. The summed E-state index contributed by atoms with van der Waals surface area (Å²) in [4.78, 5) is 11.0. The molecule has 0 spiro atoms. The van der Waals surface area contributed by atoms with E-state index in [9.17, 15) is 4.79 Å². The van der Waals surface area contributed by atoms with Crippen molar-refractivity contribution in [1.82, 2.24) is 5.32 Å². The van der Waals surface area contributed by atoms with Crippen LogP contribution in [-0.4, -0.2) is 17.6 Å². The molecule has 0 aliphatic heterocycles. The normalized spacial score (nSPS) is 13.4. The van der Waals surface area contributed by atoms with E-state index < -0.39 is 5.97 Å². The van der Waals surface area contributed by atoms with E-state index in [0.29, 0.717) is 19.0 Å². The second kappa shape index (κ2) is 10.1.